The average Bonchev–Trinajstić information content (AvgIpc) is 2.79. The number of hydrogen-bond donors (Lipinski definition) is 0. The molecule has 2 aliphatic carbocycles. The van der Waals surface area contributed by atoms with Gasteiger partial charge in [-0.2, -0.15) is 0 Å². The minimum atomic E-state index is -0.153. The van der Waals surface area contributed by atoms with Crippen LogP contribution in [0.2, 0.25) is 0 Å². The highest BCUT2D eigenvalue weighted by Crippen LogP contribution is 2.48. The van der Waals surface area contributed by atoms with E-state index in [1.807, 2.05) is 12.1 Å². The van der Waals surface area contributed by atoms with Crippen molar-refractivity contribution in [1.29, 1.82) is 0 Å². The molecule has 102 valence electrons. The molecular weight excluding hydrogens is 235 g/mol. The first-order valence-corrected chi connectivity index (χ1v) is 7.66. The quantitative estimate of drug-likeness (QED) is 0.675. The number of halogens is 1. The van der Waals surface area contributed by atoms with Crippen molar-refractivity contribution in [2.75, 3.05) is 0 Å². The molecule has 0 bridgehead atoms. The van der Waals surface area contributed by atoms with Crippen molar-refractivity contribution < 1.29 is 4.39 Å². The zero-order valence-electron chi connectivity index (χ0n) is 11.7. The zero-order chi connectivity index (χ0) is 13.2. The first-order valence-electron chi connectivity index (χ1n) is 7.66. The van der Waals surface area contributed by atoms with Gasteiger partial charge in [0, 0.05) is 0 Å². The fourth-order valence-corrected chi connectivity index (χ4v) is 4.18. The summed E-state index contributed by atoms with van der Waals surface area (Å²) in [6.07, 6.45) is 11.6. The van der Waals surface area contributed by atoms with Crippen LogP contribution in [0.3, 0.4) is 0 Å². The summed E-state index contributed by atoms with van der Waals surface area (Å²) in [5.41, 5.74) is 1.12. The lowest BCUT2D eigenvalue weighted by Crippen LogP contribution is -2.22. The minimum absolute atomic E-state index is 0.153. The van der Waals surface area contributed by atoms with Gasteiger partial charge < -0.3 is 0 Å². The molecule has 3 rings (SSSR count). The highest BCUT2D eigenvalue weighted by Gasteiger charge is 2.38. The number of allylic oxidation sites excluding steroid dienone is 1. The van der Waals surface area contributed by atoms with Crippen LogP contribution in [-0.2, 0) is 0 Å². The van der Waals surface area contributed by atoms with E-state index >= 15 is 0 Å². The summed E-state index contributed by atoms with van der Waals surface area (Å²) in [6, 6.07) is 6.81. The Hall–Kier alpha value is -1.11. The van der Waals surface area contributed by atoms with Gasteiger partial charge in [-0.1, -0.05) is 44.1 Å². The SMILES string of the molecule is CC1CC2CCCC(C=Cc3ccc(F)cc3)C2C1. The number of benzene rings is 1. The van der Waals surface area contributed by atoms with E-state index in [0.29, 0.717) is 0 Å². The summed E-state index contributed by atoms with van der Waals surface area (Å²) in [5.74, 6) is 3.37. The summed E-state index contributed by atoms with van der Waals surface area (Å²) in [6.45, 7) is 2.40. The Bertz CT molecular complexity index is 445. The van der Waals surface area contributed by atoms with Gasteiger partial charge in [-0.3, -0.25) is 0 Å². The molecule has 0 radical (unpaired) electrons. The molecule has 0 saturated heterocycles. The van der Waals surface area contributed by atoms with E-state index in [4.69, 9.17) is 0 Å². The highest BCUT2D eigenvalue weighted by molar-refractivity contribution is 5.49. The van der Waals surface area contributed by atoms with Gasteiger partial charge in [-0.15, -0.1) is 0 Å². The van der Waals surface area contributed by atoms with E-state index in [-0.39, 0.29) is 5.82 Å². The minimum Gasteiger partial charge on any atom is -0.207 e. The molecule has 1 aromatic carbocycles. The van der Waals surface area contributed by atoms with Crippen LogP contribution in [0.15, 0.2) is 30.3 Å². The van der Waals surface area contributed by atoms with Gasteiger partial charge in [0.1, 0.15) is 5.82 Å². The predicted octanol–water partition coefficient (Wildman–Crippen LogP) is 5.30. The Labute approximate surface area is 115 Å². The molecule has 0 aromatic heterocycles. The molecule has 4 unspecified atom stereocenters. The van der Waals surface area contributed by atoms with Gasteiger partial charge in [0.25, 0.3) is 0 Å². The maximum atomic E-state index is 12.9. The first-order chi connectivity index (χ1) is 9.22. The van der Waals surface area contributed by atoms with Crippen LogP contribution in [0.4, 0.5) is 4.39 Å². The normalized spacial score (nSPS) is 34.6. The van der Waals surface area contributed by atoms with Crippen molar-refractivity contribution in [2.24, 2.45) is 23.7 Å². The second kappa shape index (κ2) is 5.48. The molecule has 2 fully saturated rings. The predicted molar refractivity (Wildman–Crippen MR) is 78.2 cm³/mol. The van der Waals surface area contributed by atoms with Crippen molar-refractivity contribution in [3.05, 3.63) is 41.7 Å². The molecular formula is C18H23F. The van der Waals surface area contributed by atoms with Crippen molar-refractivity contribution in [1.82, 2.24) is 0 Å². The Kier molecular flexibility index (Phi) is 3.72. The third-order valence-electron chi connectivity index (χ3n) is 5.05. The lowest BCUT2D eigenvalue weighted by atomic mass is 9.73. The topological polar surface area (TPSA) is 0 Å². The third-order valence-corrected chi connectivity index (χ3v) is 5.05. The van der Waals surface area contributed by atoms with Gasteiger partial charge in [0.05, 0.1) is 0 Å². The van der Waals surface area contributed by atoms with E-state index in [0.717, 1.165) is 29.2 Å². The summed E-state index contributed by atoms with van der Waals surface area (Å²) in [4.78, 5) is 0. The van der Waals surface area contributed by atoms with Gasteiger partial charge in [-0.25, -0.2) is 4.39 Å². The van der Waals surface area contributed by atoms with E-state index in [2.05, 4.69) is 19.1 Å². The van der Waals surface area contributed by atoms with E-state index < -0.39 is 0 Å². The van der Waals surface area contributed by atoms with E-state index in [9.17, 15) is 4.39 Å². The Morgan fingerprint density at radius 2 is 1.89 bits per heavy atom. The van der Waals surface area contributed by atoms with Crippen LogP contribution in [0.25, 0.3) is 6.08 Å². The molecule has 19 heavy (non-hydrogen) atoms. The molecule has 0 amide bonds. The van der Waals surface area contributed by atoms with Crippen molar-refractivity contribution in [3.63, 3.8) is 0 Å². The fraction of sp³-hybridized carbons (Fsp3) is 0.556. The lowest BCUT2D eigenvalue weighted by molar-refractivity contribution is 0.219. The Balaban J connectivity index is 1.70. The number of hydrogen-bond acceptors (Lipinski definition) is 0. The fourth-order valence-electron chi connectivity index (χ4n) is 4.18. The van der Waals surface area contributed by atoms with Crippen LogP contribution in [0, 0.1) is 29.5 Å². The summed E-state index contributed by atoms with van der Waals surface area (Å²) >= 11 is 0. The van der Waals surface area contributed by atoms with Crippen LogP contribution < -0.4 is 0 Å². The van der Waals surface area contributed by atoms with Gasteiger partial charge in [-0.05, 0) is 60.6 Å². The number of fused-ring (bicyclic) bond motifs is 1. The smallest absolute Gasteiger partial charge is 0.123 e. The summed E-state index contributed by atoms with van der Waals surface area (Å²) < 4.78 is 12.9. The molecule has 2 saturated carbocycles. The van der Waals surface area contributed by atoms with E-state index in [1.54, 1.807) is 12.1 Å². The van der Waals surface area contributed by atoms with Gasteiger partial charge >= 0.3 is 0 Å². The first kappa shape index (κ1) is 12.9. The summed E-state index contributed by atoms with van der Waals surface area (Å²) in [7, 11) is 0. The number of rotatable bonds is 2. The van der Waals surface area contributed by atoms with Crippen LogP contribution in [-0.4, -0.2) is 0 Å². The van der Waals surface area contributed by atoms with Gasteiger partial charge in [0.2, 0.25) is 0 Å². The molecule has 0 spiro atoms. The van der Waals surface area contributed by atoms with Crippen LogP contribution >= 0.6 is 0 Å². The molecule has 2 aliphatic rings. The second-order valence-corrected chi connectivity index (χ2v) is 6.51. The molecule has 0 heterocycles. The Morgan fingerprint density at radius 1 is 1.11 bits per heavy atom. The van der Waals surface area contributed by atoms with Gasteiger partial charge in [0.15, 0.2) is 0 Å². The highest BCUT2D eigenvalue weighted by atomic mass is 19.1. The Morgan fingerprint density at radius 3 is 2.68 bits per heavy atom. The molecule has 0 nitrogen and oxygen atoms in total. The van der Waals surface area contributed by atoms with Crippen LogP contribution in [0.5, 0.6) is 0 Å². The third kappa shape index (κ3) is 2.91. The van der Waals surface area contributed by atoms with Crippen molar-refractivity contribution >= 4 is 6.08 Å². The molecule has 4 atom stereocenters. The maximum Gasteiger partial charge on any atom is 0.123 e. The second-order valence-electron chi connectivity index (χ2n) is 6.51. The monoisotopic (exact) mass is 258 g/mol. The standard InChI is InChI=1S/C18H23F/c1-13-11-16-4-2-3-15(18(16)12-13)8-5-14-6-9-17(19)10-7-14/h5-10,13,15-16,18H,2-4,11-12H2,1H3. The molecule has 0 aliphatic heterocycles. The van der Waals surface area contributed by atoms with Crippen molar-refractivity contribution in [3.8, 4) is 0 Å². The molecule has 0 N–H and O–H groups in total. The molecule has 1 heteroatoms. The largest absolute Gasteiger partial charge is 0.207 e. The summed E-state index contributed by atoms with van der Waals surface area (Å²) in [5, 5.41) is 0. The average molecular weight is 258 g/mol. The molecule has 1 aromatic rings. The van der Waals surface area contributed by atoms with E-state index in [1.165, 1.54) is 32.1 Å². The zero-order valence-corrected chi connectivity index (χ0v) is 11.7. The lowest BCUT2D eigenvalue weighted by Gasteiger charge is -2.32. The van der Waals surface area contributed by atoms with Crippen molar-refractivity contribution in [2.45, 2.75) is 39.0 Å². The maximum absolute atomic E-state index is 12.9. The van der Waals surface area contributed by atoms with Crippen LogP contribution in [0.1, 0.15) is 44.6 Å².